The Labute approximate surface area is 78.1 Å². The fraction of sp³-hybridized carbons (Fsp3) is 0.667. The molecule has 1 atom stereocenters. The first-order valence-electron chi connectivity index (χ1n) is 4.66. The zero-order valence-electron chi connectivity index (χ0n) is 8.17. The van der Waals surface area contributed by atoms with Crippen molar-refractivity contribution in [1.29, 1.82) is 0 Å². The molecule has 0 bridgehead atoms. The van der Waals surface area contributed by atoms with Crippen molar-refractivity contribution in [3.05, 3.63) is 11.3 Å². The van der Waals surface area contributed by atoms with Crippen molar-refractivity contribution in [2.24, 2.45) is 0 Å². The lowest BCUT2D eigenvalue weighted by Crippen LogP contribution is -2.33. The summed E-state index contributed by atoms with van der Waals surface area (Å²) < 4.78 is 0. The first-order chi connectivity index (χ1) is 6.18. The molecule has 0 saturated carbocycles. The summed E-state index contributed by atoms with van der Waals surface area (Å²) in [6, 6.07) is 0.632. The van der Waals surface area contributed by atoms with Crippen molar-refractivity contribution < 1.29 is 0 Å². The number of nitrogen functional groups attached to an aromatic ring is 1. The van der Waals surface area contributed by atoms with Crippen molar-refractivity contribution in [1.82, 2.24) is 15.1 Å². The number of nitrogens with zero attached hydrogens (tertiary/aromatic N) is 2. The Morgan fingerprint density at radius 1 is 1.54 bits per heavy atom. The van der Waals surface area contributed by atoms with Crippen molar-refractivity contribution in [2.75, 3.05) is 19.8 Å². The van der Waals surface area contributed by atoms with Gasteiger partial charge in [-0.05, 0) is 26.9 Å². The Morgan fingerprint density at radius 3 is 3.00 bits per heavy atom. The third-order valence-corrected chi connectivity index (χ3v) is 2.88. The summed E-state index contributed by atoms with van der Waals surface area (Å²) in [5.41, 5.74) is 8.19. The molecule has 1 aliphatic rings. The van der Waals surface area contributed by atoms with Gasteiger partial charge in [0.2, 0.25) is 0 Å². The van der Waals surface area contributed by atoms with E-state index in [2.05, 4.69) is 29.2 Å². The van der Waals surface area contributed by atoms with Crippen molar-refractivity contribution in [2.45, 2.75) is 25.3 Å². The normalized spacial score (nSPS) is 21.9. The van der Waals surface area contributed by atoms with Gasteiger partial charge < -0.3 is 10.6 Å². The number of fused-ring (bicyclic) bond motifs is 1. The van der Waals surface area contributed by atoms with Crippen molar-refractivity contribution in [3.63, 3.8) is 0 Å². The number of aromatic nitrogens is 2. The number of nitrogens with two attached hydrogens (primary N) is 1. The van der Waals surface area contributed by atoms with E-state index in [1.165, 1.54) is 17.7 Å². The number of anilines is 1. The second kappa shape index (κ2) is 3.03. The molecule has 3 N–H and O–H groups in total. The molecular formula is C9H16N4. The van der Waals surface area contributed by atoms with E-state index in [1.54, 1.807) is 0 Å². The fourth-order valence-corrected chi connectivity index (χ4v) is 1.95. The standard InChI is InChI=1S/C9H16N4/c1-13(2)6-3-4-7-8(5-6)11-12-9(7)10/h6H,3-5H2,1-2H3,(H3,10,11,12). The van der Waals surface area contributed by atoms with Gasteiger partial charge in [0.25, 0.3) is 0 Å². The number of hydrogen-bond donors (Lipinski definition) is 2. The molecule has 1 heterocycles. The van der Waals surface area contributed by atoms with Crippen molar-refractivity contribution >= 4 is 5.82 Å². The summed E-state index contributed by atoms with van der Waals surface area (Å²) in [4.78, 5) is 2.26. The molecule has 0 spiro atoms. The van der Waals surface area contributed by atoms with Gasteiger partial charge in [-0.15, -0.1) is 0 Å². The van der Waals surface area contributed by atoms with Gasteiger partial charge in [-0.3, -0.25) is 5.10 Å². The van der Waals surface area contributed by atoms with E-state index in [1.807, 2.05) is 0 Å². The molecule has 4 nitrogen and oxygen atoms in total. The summed E-state index contributed by atoms with van der Waals surface area (Å²) in [6.45, 7) is 0. The summed E-state index contributed by atoms with van der Waals surface area (Å²) in [5.74, 6) is 0.687. The lowest BCUT2D eigenvalue weighted by atomic mass is 9.92. The highest BCUT2D eigenvalue weighted by atomic mass is 15.2. The molecule has 72 valence electrons. The Morgan fingerprint density at radius 2 is 2.31 bits per heavy atom. The molecular weight excluding hydrogens is 164 g/mol. The van der Waals surface area contributed by atoms with E-state index in [0.29, 0.717) is 11.9 Å². The van der Waals surface area contributed by atoms with E-state index in [4.69, 9.17) is 5.73 Å². The predicted octanol–water partition coefficient (Wildman–Crippen LogP) is 0.411. The largest absolute Gasteiger partial charge is 0.382 e. The van der Waals surface area contributed by atoms with Gasteiger partial charge >= 0.3 is 0 Å². The third kappa shape index (κ3) is 1.42. The molecule has 1 aromatic rings. The molecule has 13 heavy (non-hydrogen) atoms. The van der Waals surface area contributed by atoms with E-state index in [9.17, 15) is 0 Å². The molecule has 1 aliphatic carbocycles. The number of rotatable bonds is 1. The van der Waals surface area contributed by atoms with Gasteiger partial charge in [0.15, 0.2) is 0 Å². The van der Waals surface area contributed by atoms with Gasteiger partial charge in [0.1, 0.15) is 5.82 Å². The summed E-state index contributed by atoms with van der Waals surface area (Å²) in [7, 11) is 4.24. The Kier molecular flexibility index (Phi) is 2.00. The molecule has 4 heteroatoms. The maximum absolute atomic E-state index is 5.73. The first kappa shape index (κ1) is 8.56. The molecule has 0 aromatic carbocycles. The van der Waals surface area contributed by atoms with E-state index >= 15 is 0 Å². The Hall–Kier alpha value is -1.03. The van der Waals surface area contributed by atoms with Crippen LogP contribution >= 0.6 is 0 Å². The quantitative estimate of drug-likeness (QED) is 0.658. The van der Waals surface area contributed by atoms with Crippen LogP contribution in [-0.4, -0.2) is 35.2 Å². The van der Waals surface area contributed by atoms with Crippen LogP contribution < -0.4 is 5.73 Å². The summed E-state index contributed by atoms with van der Waals surface area (Å²) in [5, 5.41) is 7.04. The van der Waals surface area contributed by atoms with Crippen LogP contribution in [0.3, 0.4) is 0 Å². The van der Waals surface area contributed by atoms with Crippen LogP contribution in [0, 0.1) is 0 Å². The average Bonchev–Trinajstić information content (AvgIpc) is 2.47. The van der Waals surface area contributed by atoms with Crippen LogP contribution in [0.4, 0.5) is 5.82 Å². The fourth-order valence-electron chi connectivity index (χ4n) is 1.95. The highest BCUT2D eigenvalue weighted by molar-refractivity contribution is 5.43. The molecule has 0 radical (unpaired) electrons. The smallest absolute Gasteiger partial charge is 0.148 e. The molecule has 0 fully saturated rings. The summed E-state index contributed by atoms with van der Waals surface area (Å²) in [6.07, 6.45) is 3.29. The molecule has 2 rings (SSSR count). The maximum Gasteiger partial charge on any atom is 0.148 e. The molecule has 1 unspecified atom stereocenters. The van der Waals surface area contributed by atoms with Gasteiger partial charge in [0, 0.05) is 23.7 Å². The van der Waals surface area contributed by atoms with E-state index in [0.717, 1.165) is 12.8 Å². The number of aromatic amines is 1. The number of likely N-dealkylation sites (N-methyl/N-ethyl adjacent to an activating group) is 1. The zero-order valence-corrected chi connectivity index (χ0v) is 8.17. The number of H-pyrrole nitrogens is 1. The van der Waals surface area contributed by atoms with Gasteiger partial charge in [-0.25, -0.2) is 0 Å². The van der Waals surface area contributed by atoms with Crippen LogP contribution in [0.5, 0.6) is 0 Å². The van der Waals surface area contributed by atoms with Gasteiger partial charge in [0.05, 0.1) is 0 Å². The SMILES string of the molecule is CN(C)C1CCc2c(N)n[nH]c2C1. The average molecular weight is 180 g/mol. The van der Waals surface area contributed by atoms with Gasteiger partial charge in [-0.1, -0.05) is 0 Å². The predicted molar refractivity (Wildman–Crippen MR) is 52.5 cm³/mol. The van der Waals surface area contributed by atoms with Gasteiger partial charge in [-0.2, -0.15) is 5.10 Å². The lowest BCUT2D eigenvalue weighted by molar-refractivity contribution is 0.266. The van der Waals surface area contributed by atoms with Crippen molar-refractivity contribution in [3.8, 4) is 0 Å². The molecule has 0 aliphatic heterocycles. The van der Waals surface area contributed by atoms with Crippen LogP contribution in [0.1, 0.15) is 17.7 Å². The Bertz CT molecular complexity index is 303. The molecule has 0 amide bonds. The Balaban J connectivity index is 2.21. The zero-order chi connectivity index (χ0) is 9.42. The monoisotopic (exact) mass is 180 g/mol. The topological polar surface area (TPSA) is 57.9 Å². The minimum Gasteiger partial charge on any atom is -0.382 e. The minimum atomic E-state index is 0.632. The third-order valence-electron chi connectivity index (χ3n) is 2.88. The van der Waals surface area contributed by atoms with Crippen LogP contribution in [-0.2, 0) is 12.8 Å². The van der Waals surface area contributed by atoms with Crippen LogP contribution in [0.15, 0.2) is 0 Å². The number of hydrogen-bond acceptors (Lipinski definition) is 3. The van der Waals surface area contributed by atoms with Crippen LogP contribution in [0.25, 0.3) is 0 Å². The van der Waals surface area contributed by atoms with Crippen LogP contribution in [0.2, 0.25) is 0 Å². The summed E-state index contributed by atoms with van der Waals surface area (Å²) >= 11 is 0. The number of nitrogens with one attached hydrogen (secondary N) is 1. The second-order valence-corrected chi connectivity index (χ2v) is 3.93. The first-order valence-corrected chi connectivity index (χ1v) is 4.66. The lowest BCUT2D eigenvalue weighted by Gasteiger charge is -2.27. The second-order valence-electron chi connectivity index (χ2n) is 3.93. The molecule has 1 aromatic heterocycles. The highest BCUT2D eigenvalue weighted by Gasteiger charge is 2.23. The maximum atomic E-state index is 5.73. The molecule has 0 saturated heterocycles. The van der Waals surface area contributed by atoms with E-state index < -0.39 is 0 Å². The highest BCUT2D eigenvalue weighted by Crippen LogP contribution is 2.25. The minimum absolute atomic E-state index is 0.632. The van der Waals surface area contributed by atoms with E-state index in [-0.39, 0.29) is 0 Å².